The van der Waals surface area contributed by atoms with Crippen LogP contribution in [0.2, 0.25) is 0 Å². The van der Waals surface area contributed by atoms with Crippen molar-refractivity contribution in [2.75, 3.05) is 0 Å². The van der Waals surface area contributed by atoms with Crippen molar-refractivity contribution in [2.24, 2.45) is 0 Å². The molecule has 4 unspecified atom stereocenters. The molecule has 42 heavy (non-hydrogen) atoms. The average Bonchev–Trinajstić information content (AvgIpc) is 3.06. The minimum Gasteiger partial charge on any atom is -0.0776 e. The summed E-state index contributed by atoms with van der Waals surface area (Å²) < 4.78 is 0. The van der Waals surface area contributed by atoms with Gasteiger partial charge in [0.25, 0.3) is 0 Å². The van der Waals surface area contributed by atoms with Gasteiger partial charge in [0.05, 0.1) is 0 Å². The van der Waals surface area contributed by atoms with Crippen LogP contribution in [0.1, 0.15) is 142 Å². The second-order valence-electron chi connectivity index (χ2n) is 10.4. The smallest absolute Gasteiger partial charge is 0.0190 e. The molecule has 232 valence electrons. The van der Waals surface area contributed by atoms with E-state index in [9.17, 15) is 0 Å². The summed E-state index contributed by atoms with van der Waals surface area (Å²) in [5.74, 6) is 2.60. The molecule has 4 aromatic carbocycles. The third kappa shape index (κ3) is 15.8. The molecule has 0 aliphatic rings. The van der Waals surface area contributed by atoms with Crippen molar-refractivity contribution >= 4 is 0 Å². The van der Waals surface area contributed by atoms with E-state index >= 15 is 0 Å². The van der Waals surface area contributed by atoms with Crippen LogP contribution in [0.4, 0.5) is 0 Å². The normalized spacial score (nSPS) is 12.4. The van der Waals surface area contributed by atoms with Crippen LogP contribution in [0.25, 0.3) is 0 Å². The van der Waals surface area contributed by atoms with Gasteiger partial charge in [-0.2, -0.15) is 0 Å². The van der Waals surface area contributed by atoms with Gasteiger partial charge < -0.3 is 0 Å². The maximum Gasteiger partial charge on any atom is -0.0190 e. The van der Waals surface area contributed by atoms with Gasteiger partial charge in [-0.15, -0.1) is 0 Å². The van der Waals surface area contributed by atoms with Gasteiger partial charge in [-0.3, -0.25) is 0 Å². The molecule has 0 heteroatoms. The molecule has 0 radical (unpaired) electrons. The zero-order chi connectivity index (χ0) is 29.6. The van der Waals surface area contributed by atoms with E-state index in [-0.39, 0.29) is 14.9 Å². The van der Waals surface area contributed by atoms with Crippen LogP contribution in [0.5, 0.6) is 0 Å². The highest BCUT2D eigenvalue weighted by molar-refractivity contribution is 5.22. The van der Waals surface area contributed by atoms with Crippen LogP contribution in [0, 0.1) is 0 Å². The number of rotatable bonds is 10. The lowest BCUT2D eigenvalue weighted by atomic mass is 9.89. The van der Waals surface area contributed by atoms with E-state index in [1.165, 1.54) is 47.9 Å². The molecule has 0 spiro atoms. The molecular weight excluding hydrogens is 504 g/mol. The quantitative estimate of drug-likeness (QED) is 0.178. The van der Waals surface area contributed by atoms with Crippen molar-refractivity contribution in [3.8, 4) is 0 Å². The van der Waals surface area contributed by atoms with Gasteiger partial charge >= 0.3 is 0 Å². The Morgan fingerprint density at radius 1 is 0.310 bits per heavy atom. The van der Waals surface area contributed by atoms with Gasteiger partial charge in [0, 0.05) is 0 Å². The largest absolute Gasteiger partial charge is 0.0776 e. The summed E-state index contributed by atoms with van der Waals surface area (Å²) in [6.45, 7) is 17.3. The monoisotopic (exact) mass is 569 g/mol. The second-order valence-corrected chi connectivity index (χ2v) is 10.4. The predicted molar refractivity (Wildman–Crippen MR) is 194 cm³/mol. The van der Waals surface area contributed by atoms with E-state index in [2.05, 4.69) is 149 Å². The number of hydrogen-bond acceptors (Lipinski definition) is 0. The summed E-state index contributed by atoms with van der Waals surface area (Å²) in [4.78, 5) is 0. The van der Waals surface area contributed by atoms with E-state index in [1.807, 2.05) is 27.7 Å². The number of benzene rings is 4. The lowest BCUT2D eigenvalue weighted by molar-refractivity contribution is 0.574. The van der Waals surface area contributed by atoms with Crippen LogP contribution in [0.15, 0.2) is 121 Å². The highest BCUT2D eigenvalue weighted by Crippen LogP contribution is 2.28. The minimum absolute atomic E-state index is 0. The molecule has 4 rings (SSSR count). The molecular formula is C42H64. The standard InChI is InChI=1S/2C18H22.2C2H6.2CH4/c2*1-15(17-9-5-3-6-10-17)13-14-16(2)18-11-7-4-8-12-18;2*1-2;;/h2*3-12,15-16H,13-14H2,1-2H3;2*1-2H3;2*1H4. The Morgan fingerprint density at radius 3 is 0.595 bits per heavy atom. The van der Waals surface area contributed by atoms with Crippen molar-refractivity contribution in [1.82, 2.24) is 0 Å². The van der Waals surface area contributed by atoms with Crippen LogP contribution < -0.4 is 0 Å². The molecule has 0 saturated heterocycles. The van der Waals surface area contributed by atoms with E-state index in [1.54, 1.807) is 0 Å². The van der Waals surface area contributed by atoms with Gasteiger partial charge in [0.1, 0.15) is 0 Å². The molecule has 0 saturated carbocycles. The summed E-state index contributed by atoms with van der Waals surface area (Å²) >= 11 is 0. The maximum atomic E-state index is 2.33. The molecule has 4 atom stereocenters. The zero-order valence-corrected chi connectivity index (χ0v) is 26.7. The lowest BCUT2D eigenvalue weighted by Gasteiger charge is -2.16. The molecule has 0 fully saturated rings. The van der Waals surface area contributed by atoms with Gasteiger partial charge in [-0.25, -0.2) is 0 Å². The van der Waals surface area contributed by atoms with E-state index in [0.29, 0.717) is 23.7 Å². The van der Waals surface area contributed by atoms with Gasteiger partial charge in [0.15, 0.2) is 0 Å². The number of hydrogen-bond donors (Lipinski definition) is 0. The molecule has 0 aromatic heterocycles. The molecule has 0 amide bonds. The summed E-state index contributed by atoms with van der Waals surface area (Å²) in [6.07, 6.45) is 5.00. The fourth-order valence-electron chi connectivity index (χ4n) is 4.79. The third-order valence-electron chi connectivity index (χ3n) is 7.54. The summed E-state index contributed by atoms with van der Waals surface area (Å²) in [5, 5.41) is 0. The van der Waals surface area contributed by atoms with Crippen LogP contribution in [0.3, 0.4) is 0 Å². The molecule has 0 bridgehead atoms. The SMILES string of the molecule is C.C.CC.CC.CC(CCC(C)c1ccccc1)c1ccccc1.CC(CCC(C)c1ccccc1)c1ccccc1. The van der Waals surface area contributed by atoms with E-state index < -0.39 is 0 Å². The second kappa shape index (κ2) is 25.6. The summed E-state index contributed by atoms with van der Waals surface area (Å²) in [7, 11) is 0. The van der Waals surface area contributed by atoms with Gasteiger partial charge in [-0.05, 0) is 71.6 Å². The lowest BCUT2D eigenvalue weighted by Crippen LogP contribution is -1.98. The predicted octanol–water partition coefficient (Wildman–Crippen LogP) is 14.1. The fourth-order valence-corrected chi connectivity index (χ4v) is 4.79. The molecule has 0 N–H and O–H groups in total. The van der Waals surface area contributed by atoms with Gasteiger partial charge in [0.2, 0.25) is 0 Å². The molecule has 0 nitrogen and oxygen atoms in total. The Bertz CT molecular complexity index is 888. The fraction of sp³-hybridized carbons (Fsp3) is 0.429. The Morgan fingerprint density at radius 2 is 0.452 bits per heavy atom. The van der Waals surface area contributed by atoms with Crippen molar-refractivity contribution < 1.29 is 0 Å². The Labute approximate surface area is 262 Å². The minimum atomic E-state index is 0. The van der Waals surface area contributed by atoms with Crippen LogP contribution in [-0.4, -0.2) is 0 Å². The Kier molecular flexibility index (Phi) is 25.0. The third-order valence-corrected chi connectivity index (χ3v) is 7.54. The van der Waals surface area contributed by atoms with Crippen molar-refractivity contribution in [2.45, 2.75) is 120 Å². The van der Waals surface area contributed by atoms with Gasteiger partial charge in [-0.1, -0.05) is 192 Å². The van der Waals surface area contributed by atoms with Crippen LogP contribution >= 0.6 is 0 Å². The maximum absolute atomic E-state index is 2.33. The highest BCUT2D eigenvalue weighted by atomic mass is 14.2. The Hall–Kier alpha value is -3.12. The topological polar surface area (TPSA) is 0 Å². The van der Waals surface area contributed by atoms with Crippen molar-refractivity contribution in [1.29, 1.82) is 0 Å². The van der Waals surface area contributed by atoms with E-state index in [4.69, 9.17) is 0 Å². The first-order valence-electron chi connectivity index (χ1n) is 15.7. The van der Waals surface area contributed by atoms with Crippen molar-refractivity contribution in [3.63, 3.8) is 0 Å². The zero-order valence-electron chi connectivity index (χ0n) is 26.7. The molecule has 0 aliphatic carbocycles. The summed E-state index contributed by atoms with van der Waals surface area (Å²) in [5.41, 5.74) is 5.83. The first-order valence-corrected chi connectivity index (χ1v) is 15.7. The van der Waals surface area contributed by atoms with Crippen LogP contribution in [-0.2, 0) is 0 Å². The first-order chi connectivity index (χ1) is 19.5. The Balaban J connectivity index is 0. The molecule has 4 aromatic rings. The average molecular weight is 569 g/mol. The first kappa shape index (κ1) is 41.0. The summed E-state index contributed by atoms with van der Waals surface area (Å²) in [6, 6.07) is 43.3. The van der Waals surface area contributed by atoms with Crippen molar-refractivity contribution in [3.05, 3.63) is 144 Å². The molecule has 0 aliphatic heterocycles. The highest BCUT2D eigenvalue weighted by Gasteiger charge is 2.10. The molecule has 0 heterocycles. The van der Waals surface area contributed by atoms with E-state index in [0.717, 1.165) is 0 Å².